The molecule has 4 atom stereocenters. The van der Waals surface area contributed by atoms with E-state index in [2.05, 4.69) is 39.5 Å². The van der Waals surface area contributed by atoms with Crippen molar-refractivity contribution in [3.63, 3.8) is 0 Å². The van der Waals surface area contributed by atoms with E-state index in [-0.39, 0.29) is 25.3 Å². The van der Waals surface area contributed by atoms with Crippen LogP contribution in [0.2, 0.25) is 0 Å². The highest BCUT2D eigenvalue weighted by molar-refractivity contribution is 7.91. The number of unbranched alkanes of at least 4 members (excludes halogenated alkanes) is 1. The van der Waals surface area contributed by atoms with Gasteiger partial charge in [-0.05, 0) is 74.0 Å². The fourth-order valence-corrected chi connectivity index (χ4v) is 10.1. The Balaban J connectivity index is 0.895. The predicted octanol–water partition coefficient (Wildman–Crippen LogP) is 4.89. The Kier molecular flexibility index (Phi) is 11.2. The number of likely N-dealkylation sites (tertiary alicyclic amines) is 1. The van der Waals surface area contributed by atoms with E-state index in [1.54, 1.807) is 16.2 Å². The van der Waals surface area contributed by atoms with Crippen molar-refractivity contribution in [3.05, 3.63) is 64.7 Å². The van der Waals surface area contributed by atoms with E-state index >= 15 is 0 Å². The number of anilines is 1. The molecule has 3 heterocycles. The summed E-state index contributed by atoms with van der Waals surface area (Å²) in [5.74, 6) is -1.49. The van der Waals surface area contributed by atoms with Crippen molar-refractivity contribution in [1.29, 1.82) is 0 Å². The van der Waals surface area contributed by atoms with Gasteiger partial charge in [0.15, 0.2) is 5.13 Å². The highest BCUT2D eigenvalue weighted by atomic mass is 32.2. The van der Waals surface area contributed by atoms with Gasteiger partial charge < -0.3 is 20.3 Å². The molecule has 1 saturated heterocycles. The number of aromatic nitrogens is 1. The highest BCUT2D eigenvalue weighted by Gasteiger charge is 2.62. The zero-order chi connectivity index (χ0) is 38.0. The summed E-state index contributed by atoms with van der Waals surface area (Å²) in [6.45, 7) is 6.85. The van der Waals surface area contributed by atoms with E-state index < -0.39 is 56.8 Å². The summed E-state index contributed by atoms with van der Waals surface area (Å²) >= 11 is 1.68. The maximum absolute atomic E-state index is 13.6. The lowest BCUT2D eigenvalue weighted by Crippen LogP contribution is -2.56. The van der Waals surface area contributed by atoms with Gasteiger partial charge in [-0.25, -0.2) is 18.2 Å². The van der Waals surface area contributed by atoms with E-state index in [4.69, 9.17) is 9.72 Å². The first-order chi connectivity index (χ1) is 26.0. The molecule has 4 fully saturated rings. The first kappa shape index (κ1) is 38.1. The van der Waals surface area contributed by atoms with Crippen LogP contribution in [0.3, 0.4) is 0 Å². The molecule has 1 aromatic carbocycles. The average Bonchev–Trinajstić information content (AvgIpc) is 3.78. The van der Waals surface area contributed by atoms with Gasteiger partial charge in [-0.2, -0.15) is 0 Å². The lowest BCUT2D eigenvalue weighted by atomic mass is 10.0. The molecular formula is C39H50N6O7S2. The molecule has 3 aliphatic carbocycles. The van der Waals surface area contributed by atoms with Crippen LogP contribution in [0.1, 0.15) is 93.5 Å². The van der Waals surface area contributed by atoms with Crippen molar-refractivity contribution in [2.75, 3.05) is 18.4 Å². The Morgan fingerprint density at radius 3 is 2.65 bits per heavy atom. The minimum absolute atomic E-state index is 0.0211. The summed E-state index contributed by atoms with van der Waals surface area (Å²) in [6.07, 6.45) is 13.8. The number of rotatable bonds is 15. The summed E-state index contributed by atoms with van der Waals surface area (Å²) in [6, 6.07) is 5.03. The summed E-state index contributed by atoms with van der Waals surface area (Å²) in [5.41, 5.74) is 2.80. The molecule has 290 valence electrons. The number of carbonyl (C=O) groups excluding carboxylic acids is 4. The number of nitrogens with zero attached hydrogens (tertiary/aromatic N) is 3. The van der Waals surface area contributed by atoms with Crippen LogP contribution in [-0.2, 0) is 48.7 Å². The van der Waals surface area contributed by atoms with E-state index in [0.717, 1.165) is 59.2 Å². The standard InChI is InChI=1S/C39H50N6O7S2/c1-3-29-19-39(29,36(48)43-54(50,51)32-16-17-32)42-35(47)34-18-31(22-45(34)25(2)46)52-38(49)44-21-28-14-9-13-27(33(28)23-44)12-5-4-6-15-30-24-53-37(41-30)40-20-26-10-7-8-11-26/h3,5,9,12-14,24,26,29,31-32,34H,1,4,6-8,10-11,15-23H2,2H3,(H,40,41)(H,42,47)(H,43,48)/b12-5+/t29-,31-,34+,39-/m1/s1. The first-order valence-corrected chi connectivity index (χ1v) is 21.6. The first-order valence-electron chi connectivity index (χ1n) is 19.1. The maximum atomic E-state index is 13.6. The largest absolute Gasteiger partial charge is 0.444 e. The molecule has 7 rings (SSSR count). The van der Waals surface area contributed by atoms with Crippen LogP contribution >= 0.6 is 11.3 Å². The minimum atomic E-state index is -3.83. The molecular weight excluding hydrogens is 729 g/mol. The summed E-state index contributed by atoms with van der Waals surface area (Å²) in [4.78, 5) is 60.5. The molecule has 13 nitrogen and oxygen atoms in total. The minimum Gasteiger partial charge on any atom is -0.444 e. The third-order valence-electron chi connectivity index (χ3n) is 11.4. The fraction of sp³-hybridized carbons (Fsp3) is 0.564. The van der Waals surface area contributed by atoms with E-state index in [0.29, 0.717) is 25.9 Å². The quantitative estimate of drug-likeness (QED) is 0.169. The second-order valence-corrected chi connectivity index (χ2v) is 18.2. The summed E-state index contributed by atoms with van der Waals surface area (Å²) in [5, 5.41) is 8.80. The number of aryl methyl sites for hydroxylation is 1. The van der Waals surface area contributed by atoms with Crippen LogP contribution in [0.15, 0.2) is 42.3 Å². The van der Waals surface area contributed by atoms with Gasteiger partial charge >= 0.3 is 6.09 Å². The molecule has 1 aromatic heterocycles. The van der Waals surface area contributed by atoms with Crippen LogP contribution in [0.25, 0.3) is 6.08 Å². The van der Waals surface area contributed by atoms with Gasteiger partial charge in [-0.3, -0.25) is 24.0 Å². The zero-order valence-corrected chi connectivity index (χ0v) is 32.4. The van der Waals surface area contributed by atoms with Gasteiger partial charge in [0.05, 0.1) is 24.0 Å². The Bertz CT molecular complexity index is 1920. The van der Waals surface area contributed by atoms with Gasteiger partial charge in [0.1, 0.15) is 17.7 Å². The Labute approximate surface area is 321 Å². The molecule has 0 spiro atoms. The molecule has 15 heteroatoms. The lowest BCUT2D eigenvalue weighted by Gasteiger charge is -2.25. The number of hydrogen-bond acceptors (Lipinski definition) is 10. The predicted molar refractivity (Wildman–Crippen MR) is 206 cm³/mol. The molecule has 0 unspecified atom stereocenters. The third-order valence-corrected chi connectivity index (χ3v) is 14.1. The molecule has 2 aliphatic heterocycles. The van der Waals surface area contributed by atoms with Gasteiger partial charge in [0.2, 0.25) is 21.8 Å². The van der Waals surface area contributed by atoms with Crippen LogP contribution in [-0.4, -0.2) is 83.0 Å². The molecule has 0 radical (unpaired) electrons. The van der Waals surface area contributed by atoms with Crippen molar-refractivity contribution in [1.82, 2.24) is 24.8 Å². The Morgan fingerprint density at radius 1 is 1.13 bits per heavy atom. The third kappa shape index (κ3) is 8.51. The molecule has 0 bridgehead atoms. The van der Waals surface area contributed by atoms with Crippen molar-refractivity contribution >= 4 is 56.4 Å². The second-order valence-electron chi connectivity index (χ2n) is 15.4. The van der Waals surface area contributed by atoms with Crippen LogP contribution in [0, 0.1) is 11.8 Å². The number of fused-ring (bicyclic) bond motifs is 1. The highest BCUT2D eigenvalue weighted by Crippen LogP contribution is 2.45. The second kappa shape index (κ2) is 15.9. The molecule has 3 N–H and O–H groups in total. The van der Waals surface area contributed by atoms with Gasteiger partial charge in [-0.1, -0.05) is 49.3 Å². The number of amides is 4. The number of hydrogen-bond donors (Lipinski definition) is 3. The molecule has 3 saturated carbocycles. The SMILES string of the molecule is C=C[C@@H]1C[C@]1(NC(=O)[C@@H]1C[C@@H](OC(=O)N2Cc3cccc(/C=C/CCCc4csc(NCC5CCCC5)n4)c3C2)CN1C(C)=O)C(=O)NS(=O)(=O)C1CC1. The maximum Gasteiger partial charge on any atom is 0.410 e. The monoisotopic (exact) mass is 778 g/mol. The molecule has 4 amide bonds. The lowest BCUT2D eigenvalue weighted by molar-refractivity contribution is -0.138. The number of allylic oxidation sites excluding steroid dienone is 1. The number of thiazole rings is 1. The number of sulfonamides is 1. The number of carbonyl (C=O) groups is 4. The van der Waals surface area contributed by atoms with Crippen molar-refractivity contribution in [3.8, 4) is 0 Å². The zero-order valence-electron chi connectivity index (χ0n) is 30.8. The van der Waals surface area contributed by atoms with E-state index in [9.17, 15) is 27.6 Å². The van der Waals surface area contributed by atoms with Crippen molar-refractivity contribution < 1.29 is 32.3 Å². The van der Waals surface area contributed by atoms with Crippen LogP contribution in [0.5, 0.6) is 0 Å². The van der Waals surface area contributed by atoms with Crippen LogP contribution in [0.4, 0.5) is 9.93 Å². The van der Waals surface area contributed by atoms with Gasteiger partial charge in [0.25, 0.3) is 5.91 Å². The van der Waals surface area contributed by atoms with Gasteiger partial charge in [-0.15, -0.1) is 17.9 Å². The Hall–Kier alpha value is -4.24. The van der Waals surface area contributed by atoms with E-state index in [1.807, 2.05) is 18.2 Å². The van der Waals surface area contributed by atoms with Crippen molar-refractivity contribution in [2.24, 2.45) is 11.8 Å². The number of ether oxygens (including phenoxy) is 1. The van der Waals surface area contributed by atoms with Crippen LogP contribution < -0.4 is 15.4 Å². The van der Waals surface area contributed by atoms with Crippen molar-refractivity contribution in [2.45, 2.75) is 114 Å². The smallest absolute Gasteiger partial charge is 0.410 e. The topological polar surface area (TPSA) is 167 Å². The fourth-order valence-electron chi connectivity index (χ4n) is 8.01. The normalized spacial score (nSPS) is 25.1. The average molecular weight is 779 g/mol. The van der Waals surface area contributed by atoms with E-state index in [1.165, 1.54) is 43.6 Å². The van der Waals surface area contributed by atoms with Gasteiger partial charge in [0, 0.05) is 37.7 Å². The molecule has 2 aromatic rings. The molecule has 54 heavy (non-hydrogen) atoms. The molecule has 5 aliphatic rings. The summed E-state index contributed by atoms with van der Waals surface area (Å²) in [7, 11) is -3.83. The summed E-state index contributed by atoms with van der Waals surface area (Å²) < 4.78 is 33.0. The number of benzene rings is 1. The number of nitrogens with one attached hydrogen (secondary N) is 3. The Morgan fingerprint density at radius 2 is 1.93 bits per heavy atom.